The van der Waals surface area contributed by atoms with E-state index in [2.05, 4.69) is 33.8 Å². The molecular weight excluding hydrogens is 997 g/mol. The van der Waals surface area contributed by atoms with Crippen LogP contribution in [-0.2, 0) is 24.7 Å². The van der Waals surface area contributed by atoms with Crippen molar-refractivity contribution in [2.45, 2.75) is 200 Å². The van der Waals surface area contributed by atoms with E-state index >= 15 is 0 Å². The van der Waals surface area contributed by atoms with E-state index in [1.165, 1.54) is 24.3 Å². The number of alkyl halides is 12. The van der Waals surface area contributed by atoms with E-state index in [4.69, 9.17) is 14.0 Å². The van der Waals surface area contributed by atoms with Crippen LogP contribution in [0.2, 0.25) is 0 Å². The van der Waals surface area contributed by atoms with Gasteiger partial charge in [-0.2, -0.15) is 83.0 Å². The van der Waals surface area contributed by atoms with Gasteiger partial charge in [0, 0.05) is 6.42 Å². The minimum absolute atomic E-state index is 0.0414. The van der Waals surface area contributed by atoms with Gasteiger partial charge in [0.05, 0.1) is 41.9 Å². The number of hydrogen-bond donors (Lipinski definition) is 0. The topological polar surface area (TPSA) is 27.7 Å². The molecule has 0 aliphatic heterocycles. The van der Waals surface area contributed by atoms with Gasteiger partial charge in [-0.05, 0) is 112 Å². The molecule has 1 unspecified atom stereocenters. The summed E-state index contributed by atoms with van der Waals surface area (Å²) in [6.07, 6.45) is 3.99. The number of halogens is 12. The molecule has 0 aromatic heterocycles. The zero-order valence-corrected chi connectivity index (χ0v) is 44.2. The lowest BCUT2D eigenvalue weighted by molar-refractivity contribution is -0.958. The first-order chi connectivity index (χ1) is 35.6. The number of quaternary nitrogens is 1. The maximum absolute atomic E-state index is 14.8. The predicted molar refractivity (Wildman–Crippen MR) is 274 cm³/mol. The summed E-state index contributed by atoms with van der Waals surface area (Å²) in [6, 6.07) is 17.3. The van der Waals surface area contributed by atoms with Crippen molar-refractivity contribution in [3.63, 3.8) is 0 Å². The Morgan fingerprint density at radius 1 is 0.400 bits per heavy atom. The Morgan fingerprint density at radius 2 is 0.733 bits per heavy atom. The van der Waals surface area contributed by atoms with Crippen molar-refractivity contribution in [2.75, 3.05) is 19.6 Å². The Balaban J connectivity index is 0.00000132. The number of nitrogens with zero attached hydrogens (tertiary/aromatic N) is 1. The Hall–Kier alpha value is -4.54. The van der Waals surface area contributed by atoms with Crippen LogP contribution in [-0.4, -0.2) is 31.4 Å². The molecule has 420 valence electrons. The molecule has 0 bridgehead atoms. The highest BCUT2D eigenvalue weighted by atomic mass is 19.4. The fraction of sp³-hybridized carbons (Fsp3) is 0.586. The lowest BCUT2D eigenvalue weighted by atomic mass is 9.91. The van der Waals surface area contributed by atoms with E-state index in [1.807, 2.05) is 0 Å². The molecule has 4 nitrogen and oxygen atoms in total. The average molecular weight is 1080 g/mol. The van der Waals surface area contributed by atoms with E-state index in [1.54, 1.807) is 0 Å². The fourth-order valence-electron chi connectivity index (χ4n) is 9.25. The molecule has 75 heavy (non-hydrogen) atoms. The molecule has 0 saturated heterocycles. The van der Waals surface area contributed by atoms with Crippen LogP contribution in [0.15, 0.2) is 91.0 Å². The average Bonchev–Trinajstić information content (AvgIpc) is 3.36. The van der Waals surface area contributed by atoms with Gasteiger partial charge < -0.3 is 18.4 Å². The zero-order valence-electron chi connectivity index (χ0n) is 44.2. The molecule has 0 fully saturated rings. The highest BCUT2D eigenvalue weighted by Gasteiger charge is 2.43. The number of hydrogen-bond acceptors (Lipinski definition) is 3. The van der Waals surface area contributed by atoms with Gasteiger partial charge in [-0.15, -0.1) is 0 Å². The Morgan fingerprint density at radius 3 is 1.09 bits per heavy atom. The molecule has 4 aromatic rings. The molecule has 0 spiro atoms. The molecule has 0 saturated carbocycles. The second-order valence-corrected chi connectivity index (χ2v) is 19.4. The van der Waals surface area contributed by atoms with Gasteiger partial charge in [0.2, 0.25) is 0 Å². The van der Waals surface area contributed by atoms with Crippen LogP contribution in [0, 0.1) is 6.07 Å². The molecule has 0 aliphatic rings. The van der Waals surface area contributed by atoms with Gasteiger partial charge in [-0.25, -0.2) is 0 Å². The van der Waals surface area contributed by atoms with Gasteiger partial charge in [0.1, 0.15) is 23.3 Å². The van der Waals surface area contributed by atoms with Crippen LogP contribution in [0.5, 0.6) is 17.2 Å². The molecule has 0 heterocycles. The van der Waals surface area contributed by atoms with Crippen LogP contribution in [0.1, 0.15) is 203 Å². The third-order valence-corrected chi connectivity index (χ3v) is 13.4. The van der Waals surface area contributed by atoms with Crippen molar-refractivity contribution in [2.24, 2.45) is 0 Å². The van der Waals surface area contributed by atoms with Crippen LogP contribution in [0.4, 0.5) is 52.7 Å². The van der Waals surface area contributed by atoms with Crippen molar-refractivity contribution in [3.8, 4) is 17.2 Å². The summed E-state index contributed by atoms with van der Waals surface area (Å²) < 4.78 is 180. The predicted octanol–water partition coefficient (Wildman–Crippen LogP) is 20.3. The summed E-state index contributed by atoms with van der Waals surface area (Å²) in [4.78, 5) is 0. The normalized spacial score (nSPS) is 12.7. The summed E-state index contributed by atoms with van der Waals surface area (Å²) >= 11 is 0. The third kappa shape index (κ3) is 24.1. The maximum atomic E-state index is 14.8. The molecule has 0 amide bonds. The van der Waals surface area contributed by atoms with Crippen molar-refractivity contribution < 1.29 is 71.1 Å². The van der Waals surface area contributed by atoms with Gasteiger partial charge in [-0.3, -0.25) is 0 Å². The Bertz CT molecular complexity index is 2010. The fourth-order valence-corrected chi connectivity index (χ4v) is 9.25. The zero-order chi connectivity index (χ0) is 55.4. The quantitative estimate of drug-likeness (QED) is 0.0156. The van der Waals surface area contributed by atoms with E-state index in [9.17, 15) is 52.7 Å². The molecule has 0 radical (unpaired) electrons. The van der Waals surface area contributed by atoms with Gasteiger partial charge in [-0.1, -0.05) is 123 Å². The van der Waals surface area contributed by atoms with Crippen LogP contribution >= 0.6 is 0 Å². The molecule has 0 N–H and O–H groups in total. The molecular formula is C58H78BF12NO3. The Kier molecular flexibility index (Phi) is 28.4. The lowest BCUT2D eigenvalue weighted by Gasteiger charge is -2.46. The summed E-state index contributed by atoms with van der Waals surface area (Å²) in [6.45, 7) is 10.9. The third-order valence-electron chi connectivity index (χ3n) is 13.4. The summed E-state index contributed by atoms with van der Waals surface area (Å²) in [5, 5.41) is 0. The second-order valence-electron chi connectivity index (χ2n) is 19.4. The summed E-state index contributed by atoms with van der Waals surface area (Å²) in [5.74, 6) is -0.205. The molecule has 4 aromatic carbocycles. The highest BCUT2D eigenvalue weighted by molar-refractivity contribution is 6.39. The largest absolute Gasteiger partial charge is 0.864 e. The standard InChI is InChI=1S/C51H74BF9NO3.C7H4F3/c1-5-9-13-16-19-23-37-62(38-24-20-17-14-10-6-2,39-25-21-18-15-11-7-3)47(26-22-12-8-4)46-40-43(51(59,60)61)31-36-48(46)65-52(63-44-32-27-41(28-33-44)49(53,54)55)64-45-34-29-42(30-35-45)50(56,57)58;8-7(9,10)6-4-2-1-3-5-6/h27-36,40,47H,5-26,37-39H2,1-4H3;2-5H/q+1;-1. The smallest absolute Gasteiger partial charge is 0.490 e. The molecule has 4 rings (SSSR count). The van der Waals surface area contributed by atoms with Crippen molar-refractivity contribution in [1.82, 2.24) is 0 Å². The number of benzene rings is 4. The van der Waals surface area contributed by atoms with Crippen LogP contribution in [0.3, 0.4) is 0 Å². The van der Waals surface area contributed by atoms with E-state index in [0.29, 0.717) is 16.5 Å². The molecule has 1 atom stereocenters. The van der Waals surface area contributed by atoms with Crippen LogP contribution in [0.25, 0.3) is 0 Å². The van der Waals surface area contributed by atoms with E-state index < -0.39 is 60.3 Å². The molecule has 17 heteroatoms. The minimum Gasteiger partial charge on any atom is -0.490 e. The second kappa shape index (κ2) is 32.9. The van der Waals surface area contributed by atoms with Crippen molar-refractivity contribution in [3.05, 3.63) is 125 Å². The first-order valence-electron chi connectivity index (χ1n) is 27.0. The van der Waals surface area contributed by atoms with Crippen molar-refractivity contribution >= 4 is 7.32 Å². The molecule has 0 aliphatic carbocycles. The number of unbranched alkanes of at least 4 members (excludes halogenated alkanes) is 17. The van der Waals surface area contributed by atoms with Gasteiger partial charge in [0.25, 0.3) is 0 Å². The van der Waals surface area contributed by atoms with Gasteiger partial charge >= 0.3 is 32.0 Å². The van der Waals surface area contributed by atoms with E-state index in [0.717, 1.165) is 221 Å². The summed E-state index contributed by atoms with van der Waals surface area (Å²) in [7, 11) is -1.83. The lowest BCUT2D eigenvalue weighted by Crippen LogP contribution is -2.53. The van der Waals surface area contributed by atoms with Gasteiger partial charge in [0.15, 0.2) is 0 Å². The Labute approximate surface area is 438 Å². The summed E-state index contributed by atoms with van der Waals surface area (Å²) in [5.41, 5.74) is -3.04. The first-order valence-corrected chi connectivity index (χ1v) is 27.0. The highest BCUT2D eigenvalue weighted by Crippen LogP contribution is 2.44. The first kappa shape index (κ1) is 64.8. The maximum Gasteiger partial charge on any atom is 0.864 e. The minimum atomic E-state index is -4.69. The van der Waals surface area contributed by atoms with E-state index in [-0.39, 0.29) is 17.2 Å². The van der Waals surface area contributed by atoms with Crippen LogP contribution < -0.4 is 14.0 Å². The monoisotopic (exact) mass is 1080 g/mol. The number of rotatable bonds is 33. The SMILES string of the molecule is CCCCCCCC[N+](CCCCCCCC)(CCCCCCCC)C(CCCCC)c1cc(C(F)(F)F)ccc1OB(Oc1ccc(C(F)(F)F)cc1)Oc1ccc(C(F)(F)F)cc1.FC(F)(F)c1cc[c-]cc1. The van der Waals surface area contributed by atoms with Crippen molar-refractivity contribution in [1.29, 1.82) is 0 Å².